The Kier molecular flexibility index (Phi) is 7.35. The van der Waals surface area contributed by atoms with Gasteiger partial charge < -0.3 is 4.74 Å². The molecule has 2 nitrogen and oxygen atoms in total. The average molecular weight is 226 g/mol. The van der Waals surface area contributed by atoms with Gasteiger partial charge in [0.15, 0.2) is 0 Å². The Morgan fingerprint density at radius 1 is 1.20 bits per heavy atom. The Hall–Kier alpha value is -1.30. The molecular weight excluding hydrogens is 216 g/mol. The maximum atomic E-state index is 11.6. The van der Waals surface area contributed by atoms with Crippen molar-refractivity contribution in [3.63, 3.8) is 0 Å². The molecular formula is C9H10F4O2. The van der Waals surface area contributed by atoms with Gasteiger partial charge in [-0.3, -0.25) is 0 Å². The van der Waals surface area contributed by atoms with Crippen molar-refractivity contribution in [1.29, 1.82) is 0 Å². The fourth-order valence-electron chi connectivity index (χ4n) is 0.697. The summed E-state index contributed by atoms with van der Waals surface area (Å²) in [4.78, 5) is 1.92. The molecule has 0 aliphatic rings. The van der Waals surface area contributed by atoms with Crippen molar-refractivity contribution in [3.05, 3.63) is 29.8 Å². The molecule has 0 bridgehead atoms. The van der Waals surface area contributed by atoms with Crippen LogP contribution < -0.4 is 4.74 Å². The van der Waals surface area contributed by atoms with E-state index in [0.29, 0.717) is 5.75 Å². The lowest BCUT2D eigenvalue weighted by molar-refractivity contribution is -0.276. The first kappa shape index (κ1) is 13.7. The summed E-state index contributed by atoms with van der Waals surface area (Å²) in [5.74, 6) is 0.577. The summed E-state index contributed by atoms with van der Waals surface area (Å²) in [7, 11) is 0. The SMILES string of the molecule is Cc1ccc(OCF)cc1.FOC(F)F. The highest BCUT2D eigenvalue weighted by atomic mass is 19.4. The van der Waals surface area contributed by atoms with E-state index in [-0.39, 0.29) is 0 Å². The molecule has 0 fully saturated rings. The number of halogens is 4. The molecule has 15 heavy (non-hydrogen) atoms. The molecule has 0 aliphatic carbocycles. The van der Waals surface area contributed by atoms with Crippen LogP contribution in [0.5, 0.6) is 5.75 Å². The van der Waals surface area contributed by atoms with E-state index in [0.717, 1.165) is 5.56 Å². The van der Waals surface area contributed by atoms with Crippen molar-refractivity contribution in [1.82, 2.24) is 0 Å². The molecule has 0 saturated heterocycles. The highest BCUT2D eigenvalue weighted by molar-refractivity contribution is 5.25. The summed E-state index contributed by atoms with van der Waals surface area (Å²) in [5, 5.41) is 0. The predicted octanol–water partition coefficient (Wildman–Crippen LogP) is 3.41. The van der Waals surface area contributed by atoms with Crippen LogP contribution in [0.4, 0.5) is 17.7 Å². The zero-order chi connectivity index (χ0) is 11.7. The predicted molar refractivity (Wildman–Crippen MR) is 46.0 cm³/mol. The largest absolute Gasteiger partial charge is 0.463 e. The fourth-order valence-corrected chi connectivity index (χ4v) is 0.697. The first-order chi connectivity index (χ1) is 7.10. The van der Waals surface area contributed by atoms with Crippen LogP contribution >= 0.6 is 0 Å². The molecule has 1 rings (SSSR count). The number of ether oxygens (including phenoxy) is 1. The molecule has 1 aromatic carbocycles. The van der Waals surface area contributed by atoms with Crippen molar-refractivity contribution in [3.8, 4) is 5.75 Å². The van der Waals surface area contributed by atoms with Crippen LogP contribution in [0.25, 0.3) is 0 Å². The van der Waals surface area contributed by atoms with Crippen molar-refractivity contribution >= 4 is 0 Å². The number of rotatable bonds is 3. The molecule has 0 radical (unpaired) electrons. The van der Waals surface area contributed by atoms with Crippen LogP contribution in [0, 0.1) is 6.92 Å². The average Bonchev–Trinajstić information content (AvgIpc) is 2.23. The van der Waals surface area contributed by atoms with Crippen LogP contribution in [0.2, 0.25) is 0 Å². The van der Waals surface area contributed by atoms with E-state index >= 15 is 0 Å². The van der Waals surface area contributed by atoms with Crippen LogP contribution in [0.1, 0.15) is 5.56 Å². The van der Waals surface area contributed by atoms with Crippen LogP contribution in [0.3, 0.4) is 0 Å². The van der Waals surface area contributed by atoms with Crippen molar-refractivity contribution in [2.75, 3.05) is 6.86 Å². The number of hydrogen-bond donors (Lipinski definition) is 0. The lowest BCUT2D eigenvalue weighted by Gasteiger charge is -1.99. The smallest absolute Gasteiger partial charge is 0.376 e. The maximum absolute atomic E-state index is 11.6. The lowest BCUT2D eigenvalue weighted by Crippen LogP contribution is -1.88. The van der Waals surface area contributed by atoms with E-state index < -0.39 is 13.5 Å². The Labute approximate surface area is 84.3 Å². The first-order valence-corrected chi connectivity index (χ1v) is 3.91. The molecule has 0 N–H and O–H groups in total. The monoisotopic (exact) mass is 226 g/mol. The molecule has 0 spiro atoms. The van der Waals surface area contributed by atoms with E-state index in [1.165, 1.54) is 0 Å². The Morgan fingerprint density at radius 3 is 2.00 bits per heavy atom. The van der Waals surface area contributed by atoms with E-state index in [4.69, 9.17) is 0 Å². The third-order valence-corrected chi connectivity index (χ3v) is 1.31. The number of alkyl halides is 3. The van der Waals surface area contributed by atoms with Crippen LogP contribution in [0.15, 0.2) is 24.3 Å². The molecule has 0 atom stereocenters. The second kappa shape index (κ2) is 8.05. The topological polar surface area (TPSA) is 18.5 Å². The minimum Gasteiger partial charge on any atom is -0.463 e. The van der Waals surface area contributed by atoms with Crippen LogP contribution in [-0.4, -0.2) is 13.5 Å². The van der Waals surface area contributed by atoms with Gasteiger partial charge in [-0.05, 0) is 23.6 Å². The molecule has 0 aliphatic heterocycles. The normalized spacial score (nSPS) is 9.47. The van der Waals surface area contributed by atoms with Gasteiger partial charge in [-0.1, -0.05) is 17.7 Å². The summed E-state index contributed by atoms with van der Waals surface area (Å²) < 4.78 is 46.4. The minimum absolute atomic E-state index is 0.577. The molecule has 1 aromatic rings. The van der Waals surface area contributed by atoms with Crippen molar-refractivity contribution < 1.29 is 27.4 Å². The first-order valence-electron chi connectivity index (χ1n) is 3.91. The molecule has 86 valence electrons. The van der Waals surface area contributed by atoms with Gasteiger partial charge in [0, 0.05) is 0 Å². The number of hydrogen-bond acceptors (Lipinski definition) is 2. The zero-order valence-corrected chi connectivity index (χ0v) is 7.92. The van der Waals surface area contributed by atoms with Gasteiger partial charge in [-0.2, -0.15) is 8.78 Å². The van der Waals surface area contributed by atoms with Crippen molar-refractivity contribution in [2.24, 2.45) is 0 Å². The van der Waals surface area contributed by atoms with Gasteiger partial charge in [-0.25, -0.2) is 4.39 Å². The second-order valence-electron chi connectivity index (χ2n) is 2.42. The second-order valence-corrected chi connectivity index (χ2v) is 2.42. The minimum atomic E-state index is -3.28. The molecule has 0 amide bonds. The summed E-state index contributed by atoms with van der Waals surface area (Å²) in [6.45, 7) is -2.07. The molecule has 6 heteroatoms. The highest BCUT2D eigenvalue weighted by Crippen LogP contribution is 2.10. The summed E-state index contributed by atoms with van der Waals surface area (Å²) in [6, 6.07) is 7.25. The van der Waals surface area contributed by atoms with Gasteiger partial charge in [0.1, 0.15) is 5.75 Å². The van der Waals surface area contributed by atoms with Gasteiger partial charge in [0.05, 0.1) is 0 Å². The molecule has 0 aromatic heterocycles. The Bertz CT molecular complexity index is 251. The third-order valence-electron chi connectivity index (χ3n) is 1.31. The molecule has 0 unspecified atom stereocenters. The number of benzene rings is 1. The molecule has 0 heterocycles. The van der Waals surface area contributed by atoms with Crippen LogP contribution in [-0.2, 0) is 4.94 Å². The fraction of sp³-hybridized carbons (Fsp3) is 0.333. The standard InChI is InChI=1S/C8H9FO.CHF3O/c1-7-2-4-8(5-3-7)10-6-9;2-1(3)5-4/h2-5H,6H2,1H3;1H. The Balaban J connectivity index is 0.000000336. The lowest BCUT2D eigenvalue weighted by atomic mass is 10.2. The van der Waals surface area contributed by atoms with E-state index in [1.54, 1.807) is 12.1 Å². The van der Waals surface area contributed by atoms with Gasteiger partial charge in [-0.15, -0.1) is 4.94 Å². The zero-order valence-electron chi connectivity index (χ0n) is 7.92. The van der Waals surface area contributed by atoms with E-state index in [9.17, 15) is 17.7 Å². The summed E-state index contributed by atoms with van der Waals surface area (Å²) >= 11 is 0. The number of aryl methyl sites for hydroxylation is 1. The summed E-state index contributed by atoms with van der Waals surface area (Å²) in [5.41, 5.74) is 1.14. The maximum Gasteiger partial charge on any atom is 0.376 e. The van der Waals surface area contributed by atoms with Gasteiger partial charge in [0.2, 0.25) is 6.86 Å². The summed E-state index contributed by atoms with van der Waals surface area (Å²) in [6.07, 6.45) is 0. The highest BCUT2D eigenvalue weighted by Gasteiger charge is 1.95. The van der Waals surface area contributed by atoms with E-state index in [1.807, 2.05) is 24.0 Å². The molecule has 0 saturated carbocycles. The van der Waals surface area contributed by atoms with Gasteiger partial charge >= 0.3 is 6.61 Å². The quantitative estimate of drug-likeness (QED) is 0.735. The van der Waals surface area contributed by atoms with E-state index in [2.05, 4.69) is 4.74 Å². The van der Waals surface area contributed by atoms with Gasteiger partial charge in [0.25, 0.3) is 0 Å². The van der Waals surface area contributed by atoms with Crippen molar-refractivity contribution in [2.45, 2.75) is 13.5 Å². The third kappa shape index (κ3) is 7.75. The Morgan fingerprint density at radius 2 is 1.67 bits per heavy atom.